The summed E-state index contributed by atoms with van der Waals surface area (Å²) >= 11 is 1.82. The van der Waals surface area contributed by atoms with Gasteiger partial charge in [0.1, 0.15) is 0 Å². The Labute approximate surface area is 124 Å². The molecule has 6 heteroatoms. The molecule has 0 saturated heterocycles. The Kier molecular flexibility index (Phi) is 6.17. The second-order valence-corrected chi connectivity index (χ2v) is 5.73. The van der Waals surface area contributed by atoms with Crippen molar-refractivity contribution in [3.63, 3.8) is 0 Å². The van der Waals surface area contributed by atoms with E-state index in [1.807, 2.05) is 22.2 Å². The predicted molar refractivity (Wildman–Crippen MR) is 82.7 cm³/mol. The van der Waals surface area contributed by atoms with Gasteiger partial charge in [0.2, 0.25) is 0 Å². The molecule has 0 saturated carbocycles. The van der Waals surface area contributed by atoms with Crippen LogP contribution in [0, 0.1) is 0 Å². The normalized spacial score (nSPS) is 11.3. The van der Waals surface area contributed by atoms with Gasteiger partial charge in [0.15, 0.2) is 0 Å². The number of hydrogen-bond acceptors (Lipinski definition) is 5. The third-order valence-corrected chi connectivity index (χ3v) is 4.06. The molecule has 0 fully saturated rings. The monoisotopic (exact) mass is 293 g/mol. The maximum absolute atomic E-state index is 4.17. The molecule has 0 bridgehead atoms. The van der Waals surface area contributed by atoms with Crippen LogP contribution in [0.1, 0.15) is 24.4 Å². The van der Waals surface area contributed by atoms with E-state index >= 15 is 0 Å². The molecule has 2 aromatic rings. The molecule has 2 aromatic heterocycles. The van der Waals surface area contributed by atoms with E-state index in [0.29, 0.717) is 0 Å². The van der Waals surface area contributed by atoms with Crippen LogP contribution < -0.4 is 5.32 Å². The van der Waals surface area contributed by atoms with Crippen LogP contribution in [-0.2, 0) is 19.6 Å². The van der Waals surface area contributed by atoms with Gasteiger partial charge in [-0.3, -0.25) is 9.58 Å². The van der Waals surface area contributed by atoms with Crippen LogP contribution in [0.15, 0.2) is 23.7 Å². The Bertz CT molecular complexity index is 479. The Morgan fingerprint density at radius 2 is 2.30 bits per heavy atom. The van der Waals surface area contributed by atoms with Crippen molar-refractivity contribution in [1.29, 1.82) is 0 Å². The van der Waals surface area contributed by atoms with Crippen LogP contribution in [0.25, 0.3) is 0 Å². The van der Waals surface area contributed by atoms with E-state index in [4.69, 9.17) is 0 Å². The lowest BCUT2D eigenvalue weighted by Gasteiger charge is -2.19. The summed E-state index contributed by atoms with van der Waals surface area (Å²) in [5.74, 6) is 0. The standard InChI is InChI=1S/C14H23N5S/c1-3-15-10-13-11-19(17-16-13)8-7-18(4-2)12-14-6-5-9-20-14/h5-6,9,11,15H,3-4,7-8,10,12H2,1-2H3. The number of hydrogen-bond donors (Lipinski definition) is 1. The molecular weight excluding hydrogens is 270 g/mol. The molecule has 0 unspecified atom stereocenters. The topological polar surface area (TPSA) is 46.0 Å². The molecule has 0 aliphatic rings. The lowest BCUT2D eigenvalue weighted by atomic mass is 10.4. The highest BCUT2D eigenvalue weighted by Crippen LogP contribution is 2.11. The largest absolute Gasteiger partial charge is 0.311 e. The van der Waals surface area contributed by atoms with Gasteiger partial charge in [-0.05, 0) is 24.5 Å². The summed E-state index contributed by atoms with van der Waals surface area (Å²) in [6.45, 7) is 10.0. The molecule has 0 radical (unpaired) electrons. The van der Waals surface area contributed by atoms with Crippen LogP contribution in [-0.4, -0.2) is 39.5 Å². The van der Waals surface area contributed by atoms with Gasteiger partial charge in [0.25, 0.3) is 0 Å². The van der Waals surface area contributed by atoms with E-state index in [1.54, 1.807) is 0 Å². The quantitative estimate of drug-likeness (QED) is 0.768. The minimum atomic E-state index is 0.795. The van der Waals surface area contributed by atoms with Crippen molar-refractivity contribution < 1.29 is 0 Å². The number of aromatic nitrogens is 3. The third-order valence-electron chi connectivity index (χ3n) is 3.19. The number of rotatable bonds is 9. The summed E-state index contributed by atoms with van der Waals surface area (Å²) in [6, 6.07) is 4.30. The molecular formula is C14H23N5S. The average Bonchev–Trinajstić information content (AvgIpc) is 3.12. The number of nitrogens with zero attached hydrogens (tertiary/aromatic N) is 4. The van der Waals surface area contributed by atoms with Gasteiger partial charge in [0, 0.05) is 30.7 Å². The third kappa shape index (κ3) is 4.70. The molecule has 0 aliphatic carbocycles. The van der Waals surface area contributed by atoms with Gasteiger partial charge < -0.3 is 5.32 Å². The first-order valence-corrected chi connectivity index (χ1v) is 8.04. The fourth-order valence-electron chi connectivity index (χ4n) is 2.00. The Morgan fingerprint density at radius 3 is 3.00 bits per heavy atom. The van der Waals surface area contributed by atoms with E-state index < -0.39 is 0 Å². The second kappa shape index (κ2) is 8.14. The molecule has 20 heavy (non-hydrogen) atoms. The van der Waals surface area contributed by atoms with Crippen molar-refractivity contribution in [3.8, 4) is 0 Å². The molecule has 5 nitrogen and oxygen atoms in total. The van der Waals surface area contributed by atoms with Gasteiger partial charge in [-0.1, -0.05) is 25.1 Å². The van der Waals surface area contributed by atoms with Gasteiger partial charge >= 0.3 is 0 Å². The van der Waals surface area contributed by atoms with E-state index in [0.717, 1.165) is 45.0 Å². The van der Waals surface area contributed by atoms with Crippen molar-refractivity contribution in [2.24, 2.45) is 0 Å². The second-order valence-electron chi connectivity index (χ2n) is 4.70. The Morgan fingerprint density at radius 1 is 1.40 bits per heavy atom. The van der Waals surface area contributed by atoms with Gasteiger partial charge in [-0.2, -0.15) is 0 Å². The van der Waals surface area contributed by atoms with Crippen LogP contribution >= 0.6 is 11.3 Å². The minimum Gasteiger partial charge on any atom is -0.311 e. The zero-order chi connectivity index (χ0) is 14.2. The maximum Gasteiger partial charge on any atom is 0.0964 e. The van der Waals surface area contributed by atoms with Crippen molar-refractivity contribution >= 4 is 11.3 Å². The van der Waals surface area contributed by atoms with Gasteiger partial charge in [0.05, 0.1) is 12.2 Å². The lowest BCUT2D eigenvalue weighted by molar-refractivity contribution is 0.264. The van der Waals surface area contributed by atoms with Gasteiger partial charge in [-0.25, -0.2) is 0 Å². The summed E-state index contributed by atoms with van der Waals surface area (Å²) in [4.78, 5) is 3.84. The Hall–Kier alpha value is -1.24. The summed E-state index contributed by atoms with van der Waals surface area (Å²) in [6.07, 6.45) is 2.03. The van der Waals surface area contributed by atoms with Crippen LogP contribution in [0.4, 0.5) is 0 Å². The summed E-state index contributed by atoms with van der Waals surface area (Å²) in [5.41, 5.74) is 1.01. The number of likely N-dealkylation sites (N-methyl/N-ethyl adjacent to an activating group) is 1. The molecule has 0 aliphatic heterocycles. The Balaban J connectivity index is 1.79. The molecule has 0 aromatic carbocycles. The highest BCUT2D eigenvalue weighted by atomic mass is 32.1. The smallest absolute Gasteiger partial charge is 0.0964 e. The first-order chi connectivity index (χ1) is 9.81. The van der Waals surface area contributed by atoms with Crippen molar-refractivity contribution in [2.45, 2.75) is 33.5 Å². The zero-order valence-electron chi connectivity index (χ0n) is 12.2. The van der Waals surface area contributed by atoms with E-state index in [-0.39, 0.29) is 0 Å². The predicted octanol–water partition coefficient (Wildman–Crippen LogP) is 1.97. The molecule has 0 atom stereocenters. The number of thiophene rings is 1. The molecule has 0 spiro atoms. The summed E-state index contributed by atoms with van der Waals surface area (Å²) in [5, 5.41) is 13.7. The molecule has 2 rings (SSSR count). The van der Waals surface area contributed by atoms with Crippen molar-refractivity contribution in [2.75, 3.05) is 19.6 Å². The highest BCUT2D eigenvalue weighted by Gasteiger charge is 2.06. The molecule has 0 amide bonds. The van der Waals surface area contributed by atoms with Crippen LogP contribution in [0.5, 0.6) is 0 Å². The molecule has 1 N–H and O–H groups in total. The fourth-order valence-corrected chi connectivity index (χ4v) is 2.74. The van der Waals surface area contributed by atoms with E-state index in [2.05, 4.69) is 51.9 Å². The summed E-state index contributed by atoms with van der Waals surface area (Å²) in [7, 11) is 0. The minimum absolute atomic E-state index is 0.795. The van der Waals surface area contributed by atoms with Crippen molar-refractivity contribution in [3.05, 3.63) is 34.3 Å². The average molecular weight is 293 g/mol. The van der Waals surface area contributed by atoms with Crippen molar-refractivity contribution in [1.82, 2.24) is 25.2 Å². The zero-order valence-corrected chi connectivity index (χ0v) is 13.1. The fraction of sp³-hybridized carbons (Fsp3) is 0.571. The van der Waals surface area contributed by atoms with Gasteiger partial charge in [-0.15, -0.1) is 16.4 Å². The van der Waals surface area contributed by atoms with Crippen LogP contribution in [0.2, 0.25) is 0 Å². The lowest BCUT2D eigenvalue weighted by Crippen LogP contribution is -2.26. The summed E-state index contributed by atoms with van der Waals surface area (Å²) < 4.78 is 1.93. The maximum atomic E-state index is 4.17. The number of nitrogens with one attached hydrogen (secondary N) is 1. The first-order valence-electron chi connectivity index (χ1n) is 7.16. The van der Waals surface area contributed by atoms with E-state index in [1.165, 1.54) is 4.88 Å². The first kappa shape index (κ1) is 15.2. The molecule has 110 valence electrons. The van der Waals surface area contributed by atoms with Crippen LogP contribution in [0.3, 0.4) is 0 Å². The SMILES string of the molecule is CCNCc1cn(CCN(CC)Cc2cccs2)nn1. The molecule has 2 heterocycles. The van der Waals surface area contributed by atoms with E-state index in [9.17, 15) is 0 Å². The highest BCUT2D eigenvalue weighted by molar-refractivity contribution is 7.09.